The monoisotopic (exact) mass is 273 g/mol. The molecule has 0 aliphatic heterocycles. The highest BCUT2D eigenvalue weighted by molar-refractivity contribution is 7.90. The molecule has 0 aromatic heterocycles. The number of benzene rings is 1. The number of hydrogen-bond acceptors (Lipinski definition) is 3. The summed E-state index contributed by atoms with van der Waals surface area (Å²) in [5, 5.41) is 3.29. The Hall–Kier alpha value is -0.940. The Morgan fingerprint density at radius 3 is 2.39 bits per heavy atom. The Kier molecular flexibility index (Phi) is 5.75. The fourth-order valence-electron chi connectivity index (χ4n) is 1.80. The SMILES string of the molecule is CCC(NCCCS(C)(=O)=O)c1ccc(F)cc1. The molecule has 0 heterocycles. The van der Waals surface area contributed by atoms with Gasteiger partial charge in [0, 0.05) is 12.3 Å². The maximum absolute atomic E-state index is 12.8. The molecule has 18 heavy (non-hydrogen) atoms. The molecule has 1 rings (SSSR count). The van der Waals surface area contributed by atoms with Crippen LogP contribution >= 0.6 is 0 Å². The van der Waals surface area contributed by atoms with Gasteiger partial charge in [0.2, 0.25) is 0 Å². The summed E-state index contributed by atoms with van der Waals surface area (Å²) < 4.78 is 34.8. The molecule has 0 fully saturated rings. The predicted octanol–water partition coefficient (Wildman–Crippen LogP) is 2.30. The molecule has 1 aromatic rings. The minimum atomic E-state index is -2.89. The van der Waals surface area contributed by atoms with Crippen LogP contribution in [0.3, 0.4) is 0 Å². The number of nitrogens with one attached hydrogen (secondary N) is 1. The normalized spacial score (nSPS) is 13.5. The van der Waals surface area contributed by atoms with Crippen molar-refractivity contribution in [1.29, 1.82) is 0 Å². The summed E-state index contributed by atoms with van der Waals surface area (Å²) in [6, 6.07) is 6.54. The molecule has 3 nitrogen and oxygen atoms in total. The van der Waals surface area contributed by atoms with Crippen LogP contribution in [0.25, 0.3) is 0 Å². The van der Waals surface area contributed by atoms with Crippen LogP contribution in [0, 0.1) is 5.82 Å². The zero-order chi connectivity index (χ0) is 13.6. The van der Waals surface area contributed by atoms with Crippen molar-refractivity contribution in [3.05, 3.63) is 35.6 Å². The number of halogens is 1. The minimum absolute atomic E-state index is 0.144. The Bertz CT molecular complexity index is 456. The highest BCUT2D eigenvalue weighted by Gasteiger charge is 2.09. The second-order valence-corrected chi connectivity index (χ2v) is 6.71. The van der Waals surface area contributed by atoms with Gasteiger partial charge in [-0.2, -0.15) is 0 Å². The summed E-state index contributed by atoms with van der Waals surface area (Å²) in [5.74, 6) is -0.0504. The fraction of sp³-hybridized carbons (Fsp3) is 0.538. The molecule has 0 aliphatic carbocycles. The smallest absolute Gasteiger partial charge is 0.147 e. The lowest BCUT2D eigenvalue weighted by molar-refractivity contribution is 0.515. The summed E-state index contributed by atoms with van der Waals surface area (Å²) in [5.41, 5.74) is 1.03. The fourth-order valence-corrected chi connectivity index (χ4v) is 2.47. The van der Waals surface area contributed by atoms with Gasteiger partial charge in [-0.25, -0.2) is 12.8 Å². The topological polar surface area (TPSA) is 46.2 Å². The van der Waals surface area contributed by atoms with Crippen LogP contribution < -0.4 is 5.32 Å². The van der Waals surface area contributed by atoms with Gasteiger partial charge in [-0.3, -0.25) is 0 Å². The lowest BCUT2D eigenvalue weighted by Crippen LogP contribution is -2.23. The molecule has 0 bridgehead atoms. The van der Waals surface area contributed by atoms with E-state index in [-0.39, 0.29) is 17.6 Å². The Labute approximate surface area is 108 Å². The van der Waals surface area contributed by atoms with E-state index in [0.29, 0.717) is 13.0 Å². The predicted molar refractivity (Wildman–Crippen MR) is 71.8 cm³/mol. The summed E-state index contributed by atoms with van der Waals surface area (Å²) in [7, 11) is -2.89. The van der Waals surface area contributed by atoms with E-state index in [0.717, 1.165) is 12.0 Å². The standard InChI is InChI=1S/C13H20FNO2S/c1-3-13(11-5-7-12(14)8-6-11)15-9-4-10-18(2,16)17/h5-8,13,15H,3-4,9-10H2,1-2H3. The van der Waals surface area contributed by atoms with Crippen molar-refractivity contribution in [3.8, 4) is 0 Å². The third kappa shape index (κ3) is 5.60. The highest BCUT2D eigenvalue weighted by atomic mass is 32.2. The molecule has 0 radical (unpaired) electrons. The summed E-state index contributed by atoms with van der Waals surface area (Å²) in [6.45, 7) is 2.68. The van der Waals surface area contributed by atoms with Crippen molar-refractivity contribution < 1.29 is 12.8 Å². The van der Waals surface area contributed by atoms with Crippen molar-refractivity contribution >= 4 is 9.84 Å². The van der Waals surface area contributed by atoms with Crippen LogP contribution in [0.4, 0.5) is 4.39 Å². The summed E-state index contributed by atoms with van der Waals surface area (Å²) >= 11 is 0. The summed E-state index contributed by atoms with van der Waals surface area (Å²) in [4.78, 5) is 0. The maximum atomic E-state index is 12.8. The first-order valence-electron chi connectivity index (χ1n) is 6.09. The first-order chi connectivity index (χ1) is 8.42. The second kappa shape index (κ2) is 6.85. The van der Waals surface area contributed by atoms with Gasteiger partial charge in [-0.05, 0) is 37.1 Å². The van der Waals surface area contributed by atoms with E-state index in [4.69, 9.17) is 0 Å². The van der Waals surface area contributed by atoms with E-state index in [1.165, 1.54) is 18.4 Å². The molecule has 0 saturated carbocycles. The van der Waals surface area contributed by atoms with E-state index >= 15 is 0 Å². The van der Waals surface area contributed by atoms with Crippen molar-refractivity contribution in [2.24, 2.45) is 0 Å². The van der Waals surface area contributed by atoms with Gasteiger partial charge >= 0.3 is 0 Å². The van der Waals surface area contributed by atoms with Crippen LogP contribution in [-0.4, -0.2) is 27.0 Å². The second-order valence-electron chi connectivity index (χ2n) is 4.45. The van der Waals surface area contributed by atoms with Gasteiger partial charge in [0.1, 0.15) is 15.7 Å². The molecule has 0 amide bonds. The molecule has 0 spiro atoms. The first kappa shape index (κ1) is 15.1. The van der Waals surface area contributed by atoms with Gasteiger partial charge in [0.15, 0.2) is 0 Å². The van der Waals surface area contributed by atoms with Crippen molar-refractivity contribution in [1.82, 2.24) is 5.32 Å². The lowest BCUT2D eigenvalue weighted by atomic mass is 10.0. The molecule has 0 saturated heterocycles. The van der Waals surface area contributed by atoms with Crippen LogP contribution in [0.5, 0.6) is 0 Å². The van der Waals surface area contributed by atoms with E-state index in [2.05, 4.69) is 5.32 Å². The van der Waals surface area contributed by atoms with Gasteiger partial charge in [-0.1, -0.05) is 19.1 Å². The zero-order valence-electron chi connectivity index (χ0n) is 10.8. The van der Waals surface area contributed by atoms with Crippen LogP contribution in [0.1, 0.15) is 31.4 Å². The zero-order valence-corrected chi connectivity index (χ0v) is 11.6. The van der Waals surface area contributed by atoms with Gasteiger partial charge in [0.05, 0.1) is 5.75 Å². The van der Waals surface area contributed by atoms with E-state index < -0.39 is 9.84 Å². The summed E-state index contributed by atoms with van der Waals surface area (Å²) in [6.07, 6.45) is 2.71. The molecular formula is C13H20FNO2S. The van der Waals surface area contributed by atoms with E-state index in [1.807, 2.05) is 6.92 Å². The lowest BCUT2D eigenvalue weighted by Gasteiger charge is -2.17. The largest absolute Gasteiger partial charge is 0.310 e. The van der Waals surface area contributed by atoms with E-state index in [9.17, 15) is 12.8 Å². The van der Waals surface area contributed by atoms with Crippen molar-refractivity contribution in [3.63, 3.8) is 0 Å². The Morgan fingerprint density at radius 2 is 1.89 bits per heavy atom. The van der Waals surface area contributed by atoms with Crippen LogP contribution in [0.15, 0.2) is 24.3 Å². The van der Waals surface area contributed by atoms with Gasteiger partial charge in [0.25, 0.3) is 0 Å². The molecule has 1 unspecified atom stereocenters. The number of hydrogen-bond donors (Lipinski definition) is 1. The minimum Gasteiger partial charge on any atom is -0.310 e. The molecule has 102 valence electrons. The van der Waals surface area contributed by atoms with Crippen molar-refractivity contribution in [2.45, 2.75) is 25.8 Å². The van der Waals surface area contributed by atoms with Crippen LogP contribution in [0.2, 0.25) is 0 Å². The van der Waals surface area contributed by atoms with Gasteiger partial charge < -0.3 is 5.32 Å². The van der Waals surface area contributed by atoms with E-state index in [1.54, 1.807) is 12.1 Å². The molecule has 1 N–H and O–H groups in total. The number of sulfone groups is 1. The third-order valence-corrected chi connectivity index (χ3v) is 3.79. The highest BCUT2D eigenvalue weighted by Crippen LogP contribution is 2.16. The molecular weight excluding hydrogens is 253 g/mol. The molecule has 0 aliphatic rings. The third-order valence-electron chi connectivity index (χ3n) is 2.76. The van der Waals surface area contributed by atoms with Gasteiger partial charge in [-0.15, -0.1) is 0 Å². The maximum Gasteiger partial charge on any atom is 0.147 e. The molecule has 5 heteroatoms. The van der Waals surface area contributed by atoms with Crippen LogP contribution in [-0.2, 0) is 9.84 Å². The quantitative estimate of drug-likeness (QED) is 0.775. The number of rotatable bonds is 7. The average Bonchev–Trinajstić information content (AvgIpc) is 2.29. The Balaban J connectivity index is 2.45. The Morgan fingerprint density at radius 1 is 1.28 bits per heavy atom. The first-order valence-corrected chi connectivity index (χ1v) is 8.15. The van der Waals surface area contributed by atoms with Crippen molar-refractivity contribution in [2.75, 3.05) is 18.6 Å². The average molecular weight is 273 g/mol. The molecule has 1 aromatic carbocycles. The molecule has 1 atom stereocenters.